The number of non-ortho nitro benzene ring substituents is 1. The van der Waals surface area contributed by atoms with Crippen LogP contribution in [-0.2, 0) is 10.0 Å². The zero-order valence-corrected chi connectivity index (χ0v) is 10.9. The van der Waals surface area contributed by atoms with Gasteiger partial charge in [0.25, 0.3) is 15.7 Å². The number of amidine groups is 1. The predicted octanol–water partition coefficient (Wildman–Crippen LogP) is 1.19. The first-order valence-electron chi connectivity index (χ1n) is 4.68. The van der Waals surface area contributed by atoms with Gasteiger partial charge in [0.05, 0.1) is 15.7 Å². The number of nitrogens with two attached hydrogens (primary N) is 1. The van der Waals surface area contributed by atoms with Crippen molar-refractivity contribution in [2.75, 3.05) is 5.88 Å². The summed E-state index contributed by atoms with van der Waals surface area (Å²) in [6.45, 7) is 1.50. The van der Waals surface area contributed by atoms with Crippen molar-refractivity contribution < 1.29 is 13.3 Å². The van der Waals surface area contributed by atoms with Gasteiger partial charge in [0.1, 0.15) is 5.84 Å². The molecule has 7 nitrogen and oxygen atoms in total. The number of alkyl halides is 1. The fourth-order valence-corrected chi connectivity index (χ4v) is 2.56. The number of hydrogen-bond donors (Lipinski definition) is 1. The van der Waals surface area contributed by atoms with Gasteiger partial charge in [0, 0.05) is 12.1 Å². The van der Waals surface area contributed by atoms with Crippen molar-refractivity contribution in [3.8, 4) is 0 Å². The van der Waals surface area contributed by atoms with Gasteiger partial charge in [0.15, 0.2) is 0 Å². The monoisotopic (exact) mass is 291 g/mol. The standard InChI is InChI=1S/C9H10ClN3O4S/c1-6-2-3-7(13(14)15)4-8(6)18(16,17)12-9(11)5-10/h2-4H,5H2,1H3,(H2,11,12). The molecule has 0 amide bonds. The Morgan fingerprint density at radius 1 is 1.56 bits per heavy atom. The Labute approximate surface area is 108 Å². The lowest BCUT2D eigenvalue weighted by molar-refractivity contribution is -0.385. The first-order chi connectivity index (χ1) is 8.27. The Morgan fingerprint density at radius 2 is 2.17 bits per heavy atom. The third kappa shape index (κ3) is 3.17. The largest absolute Gasteiger partial charge is 0.385 e. The number of hydrogen-bond acceptors (Lipinski definition) is 4. The van der Waals surface area contributed by atoms with Crippen LogP contribution in [0.3, 0.4) is 0 Å². The molecule has 1 rings (SSSR count). The molecular weight excluding hydrogens is 282 g/mol. The first-order valence-corrected chi connectivity index (χ1v) is 6.65. The highest BCUT2D eigenvalue weighted by Crippen LogP contribution is 2.23. The van der Waals surface area contributed by atoms with Crippen LogP contribution in [0.1, 0.15) is 5.56 Å². The van der Waals surface area contributed by atoms with Crippen LogP contribution in [0.5, 0.6) is 0 Å². The molecule has 98 valence electrons. The maximum absolute atomic E-state index is 11.8. The number of aryl methyl sites for hydroxylation is 1. The molecular formula is C9H10ClN3O4S. The molecule has 0 aliphatic rings. The minimum Gasteiger partial charge on any atom is -0.385 e. The zero-order valence-electron chi connectivity index (χ0n) is 9.33. The van der Waals surface area contributed by atoms with Crippen molar-refractivity contribution in [3.63, 3.8) is 0 Å². The van der Waals surface area contributed by atoms with Crippen LogP contribution in [-0.4, -0.2) is 25.1 Å². The van der Waals surface area contributed by atoms with Crippen molar-refractivity contribution in [1.29, 1.82) is 0 Å². The molecule has 0 heterocycles. The molecule has 0 saturated carbocycles. The van der Waals surface area contributed by atoms with Gasteiger partial charge in [-0.05, 0) is 12.5 Å². The van der Waals surface area contributed by atoms with Gasteiger partial charge in [-0.2, -0.15) is 8.42 Å². The molecule has 0 fully saturated rings. The number of nitro benzene ring substituents is 1. The van der Waals surface area contributed by atoms with E-state index in [1.54, 1.807) is 0 Å². The van der Waals surface area contributed by atoms with Gasteiger partial charge in [-0.25, -0.2) is 0 Å². The van der Waals surface area contributed by atoms with Gasteiger partial charge in [-0.3, -0.25) is 10.1 Å². The van der Waals surface area contributed by atoms with Gasteiger partial charge in [-0.15, -0.1) is 16.0 Å². The second-order valence-electron chi connectivity index (χ2n) is 3.40. The van der Waals surface area contributed by atoms with E-state index < -0.39 is 14.9 Å². The lowest BCUT2D eigenvalue weighted by Crippen LogP contribution is -2.16. The van der Waals surface area contributed by atoms with Crippen molar-refractivity contribution in [3.05, 3.63) is 33.9 Å². The van der Waals surface area contributed by atoms with Gasteiger partial charge >= 0.3 is 0 Å². The smallest absolute Gasteiger partial charge is 0.284 e. The van der Waals surface area contributed by atoms with Crippen molar-refractivity contribution in [1.82, 2.24) is 0 Å². The molecule has 0 aromatic heterocycles. The van der Waals surface area contributed by atoms with Crippen LogP contribution in [0.4, 0.5) is 5.69 Å². The van der Waals surface area contributed by atoms with Crippen molar-refractivity contribution in [2.24, 2.45) is 10.1 Å². The quantitative estimate of drug-likeness (QED) is 0.294. The number of sulfonamides is 1. The fourth-order valence-electron chi connectivity index (χ4n) is 1.21. The van der Waals surface area contributed by atoms with Crippen LogP contribution >= 0.6 is 11.6 Å². The van der Waals surface area contributed by atoms with Gasteiger partial charge in [-0.1, -0.05) is 6.07 Å². The fraction of sp³-hybridized carbons (Fsp3) is 0.222. The highest BCUT2D eigenvalue weighted by Gasteiger charge is 2.20. The summed E-state index contributed by atoms with van der Waals surface area (Å²) in [6.07, 6.45) is 0. The summed E-state index contributed by atoms with van der Waals surface area (Å²) in [4.78, 5) is 9.65. The lowest BCUT2D eigenvalue weighted by Gasteiger charge is -2.04. The molecule has 0 atom stereocenters. The van der Waals surface area contributed by atoms with E-state index in [1.807, 2.05) is 0 Å². The average molecular weight is 292 g/mol. The van der Waals surface area contributed by atoms with Crippen molar-refractivity contribution in [2.45, 2.75) is 11.8 Å². The van der Waals surface area contributed by atoms with E-state index in [0.717, 1.165) is 6.07 Å². The van der Waals surface area contributed by atoms with E-state index in [0.29, 0.717) is 5.56 Å². The summed E-state index contributed by atoms with van der Waals surface area (Å²) in [6, 6.07) is 3.48. The third-order valence-corrected chi connectivity index (χ3v) is 3.78. The zero-order chi connectivity index (χ0) is 13.9. The van der Waals surface area contributed by atoms with E-state index in [4.69, 9.17) is 17.3 Å². The molecule has 0 saturated heterocycles. The second-order valence-corrected chi connectivity index (χ2v) is 5.24. The highest BCUT2D eigenvalue weighted by molar-refractivity contribution is 7.90. The second kappa shape index (κ2) is 5.32. The molecule has 1 aromatic carbocycles. The lowest BCUT2D eigenvalue weighted by atomic mass is 10.2. The summed E-state index contributed by atoms with van der Waals surface area (Å²) in [7, 11) is -4.08. The SMILES string of the molecule is Cc1ccc([N+](=O)[O-])cc1S(=O)(=O)N=C(N)CCl. The van der Waals surface area contributed by atoms with E-state index >= 15 is 0 Å². The Bertz CT molecular complexity index is 612. The Morgan fingerprint density at radius 3 is 2.67 bits per heavy atom. The molecule has 0 radical (unpaired) electrons. The van der Waals surface area contributed by atoms with Gasteiger partial charge < -0.3 is 5.73 Å². The average Bonchev–Trinajstić information content (AvgIpc) is 2.28. The van der Waals surface area contributed by atoms with Crippen LogP contribution < -0.4 is 5.73 Å². The minimum absolute atomic E-state index is 0.243. The number of nitrogens with zero attached hydrogens (tertiary/aromatic N) is 2. The van der Waals surface area contributed by atoms with E-state index in [2.05, 4.69) is 4.40 Å². The summed E-state index contributed by atoms with van der Waals surface area (Å²) >= 11 is 5.34. The Kier molecular flexibility index (Phi) is 4.25. The molecule has 2 N–H and O–H groups in total. The van der Waals surface area contributed by atoms with Crippen LogP contribution in [0.25, 0.3) is 0 Å². The molecule has 18 heavy (non-hydrogen) atoms. The number of nitro groups is 1. The van der Waals surface area contributed by atoms with E-state index in [-0.39, 0.29) is 22.3 Å². The van der Waals surface area contributed by atoms with Crippen LogP contribution in [0, 0.1) is 17.0 Å². The summed E-state index contributed by atoms with van der Waals surface area (Å²) < 4.78 is 27.0. The molecule has 0 spiro atoms. The maximum Gasteiger partial charge on any atom is 0.284 e. The van der Waals surface area contributed by atoms with Crippen LogP contribution in [0.2, 0.25) is 0 Å². The Hall–Kier alpha value is -1.67. The van der Waals surface area contributed by atoms with Crippen molar-refractivity contribution >= 4 is 33.1 Å². The molecule has 1 aromatic rings. The number of halogens is 1. The summed E-state index contributed by atoms with van der Waals surface area (Å²) in [5, 5.41) is 10.6. The van der Waals surface area contributed by atoms with E-state index in [9.17, 15) is 18.5 Å². The third-order valence-electron chi connectivity index (χ3n) is 2.03. The van der Waals surface area contributed by atoms with Crippen LogP contribution in [0.15, 0.2) is 27.5 Å². The number of rotatable bonds is 4. The molecule has 9 heteroatoms. The van der Waals surface area contributed by atoms with E-state index in [1.165, 1.54) is 19.1 Å². The Balaban J connectivity index is 3.41. The highest BCUT2D eigenvalue weighted by atomic mass is 35.5. The first kappa shape index (κ1) is 14.4. The molecule has 0 bridgehead atoms. The van der Waals surface area contributed by atoms with Gasteiger partial charge in [0.2, 0.25) is 0 Å². The number of benzene rings is 1. The predicted molar refractivity (Wildman–Crippen MR) is 67.4 cm³/mol. The molecule has 0 aliphatic carbocycles. The summed E-state index contributed by atoms with van der Waals surface area (Å²) in [5.74, 6) is -0.518. The topological polar surface area (TPSA) is 116 Å². The summed E-state index contributed by atoms with van der Waals surface area (Å²) in [5.41, 5.74) is 5.25. The maximum atomic E-state index is 11.8. The normalized spacial score (nSPS) is 12.4. The molecule has 0 unspecified atom stereocenters. The molecule has 0 aliphatic heterocycles. The minimum atomic E-state index is -4.08.